The van der Waals surface area contributed by atoms with Crippen LogP contribution in [-0.4, -0.2) is 59.0 Å². The Morgan fingerprint density at radius 2 is 1.43 bits per heavy atom. The van der Waals surface area contributed by atoms with E-state index in [0.29, 0.717) is 10.8 Å². The Labute approximate surface area is 263 Å². The average molecular weight is 636 g/mol. The van der Waals surface area contributed by atoms with Crippen LogP contribution < -0.4 is 19.1 Å². The predicted molar refractivity (Wildman–Crippen MR) is 171 cm³/mol. The minimum Gasteiger partial charge on any atom is -0.493 e. The summed E-state index contributed by atoms with van der Waals surface area (Å²) in [4.78, 5) is 29.0. The van der Waals surface area contributed by atoms with E-state index in [9.17, 15) is 18.0 Å². The van der Waals surface area contributed by atoms with Crippen LogP contribution in [0.1, 0.15) is 11.1 Å². The zero-order chi connectivity index (χ0) is 31.7. The van der Waals surface area contributed by atoms with Crippen LogP contribution in [0.5, 0.6) is 11.5 Å². The Balaban J connectivity index is 1.78. The van der Waals surface area contributed by atoms with Crippen molar-refractivity contribution >= 4 is 39.1 Å². The van der Waals surface area contributed by atoms with Gasteiger partial charge in [-0.3, -0.25) is 13.9 Å². The monoisotopic (exact) mass is 635 g/mol. The lowest BCUT2D eigenvalue weighted by Crippen LogP contribution is -2.53. The largest absolute Gasteiger partial charge is 0.493 e. The Kier molecular flexibility index (Phi) is 10.9. The second-order valence-corrected chi connectivity index (χ2v) is 12.1. The van der Waals surface area contributed by atoms with Crippen LogP contribution in [0.2, 0.25) is 5.02 Å². The highest BCUT2D eigenvalue weighted by atomic mass is 35.5. The number of nitrogens with one attached hydrogen (secondary N) is 1. The molecule has 0 fully saturated rings. The van der Waals surface area contributed by atoms with E-state index in [-0.39, 0.29) is 35.2 Å². The van der Waals surface area contributed by atoms with Crippen LogP contribution in [0, 0.1) is 0 Å². The first kappa shape index (κ1) is 32.4. The van der Waals surface area contributed by atoms with E-state index < -0.39 is 28.5 Å². The number of anilines is 1. The zero-order valence-electron chi connectivity index (χ0n) is 24.6. The Bertz CT molecular complexity index is 1670. The molecule has 4 aromatic carbocycles. The van der Waals surface area contributed by atoms with E-state index in [4.69, 9.17) is 21.1 Å². The molecule has 230 valence electrons. The first-order valence-corrected chi connectivity index (χ1v) is 15.6. The topological polar surface area (TPSA) is 105 Å². The van der Waals surface area contributed by atoms with Gasteiger partial charge in [-0.2, -0.15) is 0 Å². The fourth-order valence-electron chi connectivity index (χ4n) is 4.73. The fraction of sp³-hybridized carbons (Fsp3) is 0.212. The van der Waals surface area contributed by atoms with Crippen LogP contribution in [0.3, 0.4) is 0 Å². The average Bonchev–Trinajstić information content (AvgIpc) is 3.06. The smallest absolute Gasteiger partial charge is 0.264 e. The van der Waals surface area contributed by atoms with E-state index in [1.165, 1.54) is 44.4 Å². The van der Waals surface area contributed by atoms with Crippen molar-refractivity contribution in [2.24, 2.45) is 0 Å². The van der Waals surface area contributed by atoms with Crippen LogP contribution in [-0.2, 0) is 32.6 Å². The second kappa shape index (κ2) is 14.8. The van der Waals surface area contributed by atoms with Crippen LogP contribution >= 0.6 is 11.6 Å². The molecule has 2 amide bonds. The Morgan fingerprint density at radius 3 is 2.02 bits per heavy atom. The molecular formula is C33H34ClN3O6S. The molecule has 0 heterocycles. The summed E-state index contributed by atoms with van der Waals surface area (Å²) >= 11 is 6.10. The number of benzene rings is 4. The predicted octanol–water partition coefficient (Wildman–Crippen LogP) is 4.94. The van der Waals surface area contributed by atoms with Gasteiger partial charge in [0.05, 0.1) is 24.8 Å². The van der Waals surface area contributed by atoms with Crippen molar-refractivity contribution in [1.82, 2.24) is 10.2 Å². The van der Waals surface area contributed by atoms with Crippen molar-refractivity contribution < 1.29 is 27.5 Å². The molecule has 0 aliphatic rings. The highest BCUT2D eigenvalue weighted by Gasteiger charge is 2.34. The second-order valence-electron chi connectivity index (χ2n) is 9.83. The molecule has 11 heteroatoms. The molecule has 0 spiro atoms. The maximum atomic E-state index is 14.3. The van der Waals surface area contributed by atoms with Crippen LogP contribution in [0.25, 0.3) is 0 Å². The number of carbonyl (C=O) groups is 2. The number of sulfonamides is 1. The van der Waals surface area contributed by atoms with Crippen molar-refractivity contribution in [3.8, 4) is 11.5 Å². The van der Waals surface area contributed by atoms with Crippen molar-refractivity contribution in [3.05, 3.63) is 119 Å². The molecule has 1 N–H and O–H groups in total. The zero-order valence-corrected chi connectivity index (χ0v) is 26.2. The third-order valence-electron chi connectivity index (χ3n) is 7.05. The van der Waals surface area contributed by atoms with Gasteiger partial charge in [0.25, 0.3) is 10.0 Å². The van der Waals surface area contributed by atoms with Gasteiger partial charge in [-0.15, -0.1) is 0 Å². The van der Waals surface area contributed by atoms with Crippen molar-refractivity contribution in [2.45, 2.75) is 23.9 Å². The Morgan fingerprint density at radius 1 is 0.818 bits per heavy atom. The number of methoxy groups -OCH3 is 2. The van der Waals surface area contributed by atoms with Gasteiger partial charge in [0.1, 0.15) is 12.6 Å². The summed E-state index contributed by atoms with van der Waals surface area (Å²) in [5.41, 5.74) is 1.84. The number of nitrogens with zero attached hydrogens (tertiary/aromatic N) is 2. The molecule has 0 aliphatic heterocycles. The third kappa shape index (κ3) is 7.69. The summed E-state index contributed by atoms with van der Waals surface area (Å²) in [5, 5.41) is 3.19. The number of ether oxygens (including phenoxy) is 2. The number of carbonyl (C=O) groups excluding carboxylic acids is 2. The third-order valence-corrected chi connectivity index (χ3v) is 9.07. The van der Waals surface area contributed by atoms with E-state index in [1.807, 2.05) is 30.3 Å². The summed E-state index contributed by atoms with van der Waals surface area (Å²) in [7, 11) is 0.0689. The summed E-state index contributed by atoms with van der Waals surface area (Å²) in [6, 6.07) is 27.9. The summed E-state index contributed by atoms with van der Waals surface area (Å²) in [6.07, 6.45) is 0.216. The number of rotatable bonds is 13. The van der Waals surface area contributed by atoms with Gasteiger partial charge in [0.15, 0.2) is 11.5 Å². The van der Waals surface area contributed by atoms with Crippen molar-refractivity contribution in [3.63, 3.8) is 0 Å². The molecule has 1 atom stereocenters. The first-order chi connectivity index (χ1) is 21.2. The molecule has 0 aliphatic carbocycles. The normalized spacial score (nSPS) is 11.7. The van der Waals surface area contributed by atoms with Gasteiger partial charge in [0, 0.05) is 31.1 Å². The molecule has 4 aromatic rings. The standard InChI is InChI=1S/C33H34ClN3O6S/c1-35-33(39)29(20-24-10-6-4-7-11-24)36(22-25-14-16-26(34)17-15-25)32(38)23-37(27-12-8-5-9-13-27)44(40,41)28-18-19-30(42-2)31(21-28)43-3/h4-19,21,29H,20,22-23H2,1-3H3,(H,35,39)/t29-/m0/s1. The fourth-order valence-corrected chi connectivity index (χ4v) is 6.29. The number of amides is 2. The van der Waals surface area contributed by atoms with Gasteiger partial charge in [-0.1, -0.05) is 72.3 Å². The van der Waals surface area contributed by atoms with Gasteiger partial charge < -0.3 is 19.7 Å². The molecular weight excluding hydrogens is 602 g/mol. The molecule has 0 bridgehead atoms. The quantitative estimate of drug-likeness (QED) is 0.223. The van der Waals surface area contributed by atoms with E-state index >= 15 is 0 Å². The van der Waals surface area contributed by atoms with Crippen molar-refractivity contribution in [2.75, 3.05) is 32.1 Å². The molecule has 0 saturated carbocycles. The van der Waals surface area contributed by atoms with Crippen LogP contribution in [0.4, 0.5) is 5.69 Å². The SMILES string of the molecule is CNC(=O)[C@H](Cc1ccccc1)N(Cc1ccc(Cl)cc1)C(=O)CN(c1ccccc1)S(=O)(=O)c1ccc(OC)c(OC)c1. The van der Waals surface area contributed by atoms with E-state index in [2.05, 4.69) is 5.32 Å². The maximum absolute atomic E-state index is 14.3. The lowest BCUT2D eigenvalue weighted by atomic mass is 10.0. The number of para-hydroxylation sites is 1. The van der Waals surface area contributed by atoms with Gasteiger partial charge in [0.2, 0.25) is 11.8 Å². The van der Waals surface area contributed by atoms with Crippen LogP contribution in [0.15, 0.2) is 108 Å². The number of hydrogen-bond acceptors (Lipinski definition) is 6. The van der Waals surface area contributed by atoms with E-state index in [0.717, 1.165) is 15.4 Å². The highest BCUT2D eigenvalue weighted by molar-refractivity contribution is 7.92. The molecule has 44 heavy (non-hydrogen) atoms. The molecule has 0 saturated heterocycles. The first-order valence-electron chi connectivity index (χ1n) is 13.8. The van der Waals surface area contributed by atoms with E-state index in [1.54, 1.807) is 54.6 Å². The molecule has 0 unspecified atom stereocenters. The Hall–Kier alpha value is -4.54. The molecule has 9 nitrogen and oxygen atoms in total. The molecule has 4 rings (SSSR count). The lowest BCUT2D eigenvalue weighted by Gasteiger charge is -2.33. The summed E-state index contributed by atoms with van der Waals surface area (Å²) in [6.45, 7) is -0.531. The molecule has 0 aromatic heterocycles. The summed E-state index contributed by atoms with van der Waals surface area (Å²) < 4.78 is 40.0. The minimum absolute atomic E-state index is 0.0416. The van der Waals surface area contributed by atoms with Gasteiger partial charge >= 0.3 is 0 Å². The summed E-state index contributed by atoms with van der Waals surface area (Å²) in [5.74, 6) is -0.375. The lowest BCUT2D eigenvalue weighted by molar-refractivity contribution is -0.139. The maximum Gasteiger partial charge on any atom is 0.264 e. The number of hydrogen-bond donors (Lipinski definition) is 1. The van der Waals surface area contributed by atoms with Gasteiger partial charge in [-0.25, -0.2) is 8.42 Å². The number of likely N-dealkylation sites (N-methyl/N-ethyl adjacent to an activating group) is 1. The molecule has 0 radical (unpaired) electrons. The van der Waals surface area contributed by atoms with Crippen molar-refractivity contribution in [1.29, 1.82) is 0 Å². The number of halogens is 1. The van der Waals surface area contributed by atoms with Gasteiger partial charge in [-0.05, 0) is 47.5 Å². The highest BCUT2D eigenvalue weighted by Crippen LogP contribution is 2.32. The minimum atomic E-state index is -4.30.